The van der Waals surface area contributed by atoms with Gasteiger partial charge in [-0.15, -0.1) is 6.58 Å². The molecule has 0 unspecified atom stereocenters. The van der Waals surface area contributed by atoms with Crippen LogP contribution >= 0.6 is 0 Å². The maximum Gasteiger partial charge on any atom is 0.0716 e. The van der Waals surface area contributed by atoms with E-state index in [0.29, 0.717) is 6.61 Å². The molecule has 0 aliphatic rings. The summed E-state index contributed by atoms with van der Waals surface area (Å²) in [7, 11) is 0. The zero-order valence-corrected chi connectivity index (χ0v) is 12.4. The molecule has 2 aromatic carbocycles. The molecule has 0 aliphatic carbocycles. The van der Waals surface area contributed by atoms with Crippen molar-refractivity contribution in [3.8, 4) is 11.1 Å². The lowest BCUT2D eigenvalue weighted by molar-refractivity contribution is 0.119. The molecular formula is C20H22O. The van der Waals surface area contributed by atoms with Gasteiger partial charge in [-0.2, -0.15) is 0 Å². The second-order valence-electron chi connectivity index (χ2n) is 5.01. The predicted octanol–water partition coefficient (Wildman–Crippen LogP) is 5.48. The lowest BCUT2D eigenvalue weighted by Crippen LogP contribution is -1.95. The molecule has 0 saturated carbocycles. The molecule has 1 nitrogen and oxygen atoms in total. The number of ether oxygens (including phenoxy) is 1. The summed E-state index contributed by atoms with van der Waals surface area (Å²) in [6.45, 7) is 8.94. The fourth-order valence-corrected chi connectivity index (χ4v) is 2.12. The van der Waals surface area contributed by atoms with Gasteiger partial charge in [-0.05, 0) is 35.1 Å². The zero-order valence-electron chi connectivity index (χ0n) is 12.4. The molecule has 0 heterocycles. The summed E-state index contributed by atoms with van der Waals surface area (Å²) in [6, 6.07) is 17.0. The van der Waals surface area contributed by atoms with Crippen molar-refractivity contribution in [2.75, 3.05) is 6.61 Å². The Labute approximate surface area is 127 Å². The highest BCUT2D eigenvalue weighted by atomic mass is 16.5. The van der Waals surface area contributed by atoms with Gasteiger partial charge in [0.2, 0.25) is 0 Å². The average Bonchev–Trinajstić information content (AvgIpc) is 2.55. The second kappa shape index (κ2) is 8.23. The van der Waals surface area contributed by atoms with Crippen LogP contribution in [0.2, 0.25) is 0 Å². The first-order chi connectivity index (χ1) is 10.3. The topological polar surface area (TPSA) is 9.23 Å². The SMILES string of the molecule is C=CCCCOCc1ccc(-c2ccc(C=C)cc2)cc1. The first kappa shape index (κ1) is 15.3. The van der Waals surface area contributed by atoms with Gasteiger partial charge in [0.15, 0.2) is 0 Å². The van der Waals surface area contributed by atoms with Crippen LogP contribution in [0.3, 0.4) is 0 Å². The van der Waals surface area contributed by atoms with Crippen LogP contribution in [-0.2, 0) is 11.3 Å². The van der Waals surface area contributed by atoms with Crippen LogP contribution < -0.4 is 0 Å². The minimum absolute atomic E-state index is 0.673. The zero-order chi connectivity index (χ0) is 14.9. The van der Waals surface area contributed by atoms with E-state index in [1.54, 1.807) is 0 Å². The quantitative estimate of drug-likeness (QED) is 0.459. The van der Waals surface area contributed by atoms with Crippen LogP contribution in [0, 0.1) is 0 Å². The van der Waals surface area contributed by atoms with Gasteiger partial charge in [-0.25, -0.2) is 0 Å². The minimum atomic E-state index is 0.673. The van der Waals surface area contributed by atoms with Crippen LogP contribution in [-0.4, -0.2) is 6.61 Å². The van der Waals surface area contributed by atoms with Gasteiger partial charge in [-0.1, -0.05) is 67.3 Å². The third-order valence-corrected chi connectivity index (χ3v) is 3.40. The van der Waals surface area contributed by atoms with Crippen LogP contribution in [0.4, 0.5) is 0 Å². The molecular weight excluding hydrogens is 256 g/mol. The fraction of sp³-hybridized carbons (Fsp3) is 0.200. The van der Waals surface area contributed by atoms with Crippen molar-refractivity contribution in [1.82, 2.24) is 0 Å². The summed E-state index contributed by atoms with van der Waals surface area (Å²) in [5, 5.41) is 0. The largest absolute Gasteiger partial charge is 0.377 e. The van der Waals surface area contributed by atoms with Crippen LogP contribution in [0.1, 0.15) is 24.0 Å². The third-order valence-electron chi connectivity index (χ3n) is 3.40. The molecule has 0 saturated heterocycles. The highest BCUT2D eigenvalue weighted by Gasteiger charge is 1.99. The maximum atomic E-state index is 5.64. The Kier molecular flexibility index (Phi) is 5.99. The third kappa shape index (κ3) is 4.73. The number of benzene rings is 2. The Morgan fingerprint density at radius 2 is 1.48 bits per heavy atom. The first-order valence-electron chi connectivity index (χ1n) is 7.34. The van der Waals surface area contributed by atoms with Crippen molar-refractivity contribution in [2.24, 2.45) is 0 Å². The lowest BCUT2D eigenvalue weighted by atomic mass is 10.0. The summed E-state index contributed by atoms with van der Waals surface area (Å²) in [6.07, 6.45) is 5.84. The molecule has 0 bridgehead atoms. The second-order valence-corrected chi connectivity index (χ2v) is 5.01. The average molecular weight is 278 g/mol. The van der Waals surface area contributed by atoms with Crippen LogP contribution in [0.5, 0.6) is 0 Å². The highest BCUT2D eigenvalue weighted by Crippen LogP contribution is 2.21. The normalized spacial score (nSPS) is 10.3. The van der Waals surface area contributed by atoms with E-state index in [0.717, 1.165) is 25.0 Å². The summed E-state index contributed by atoms with van der Waals surface area (Å²) >= 11 is 0. The molecule has 0 fully saturated rings. The van der Waals surface area contributed by atoms with Gasteiger partial charge < -0.3 is 4.74 Å². The van der Waals surface area contributed by atoms with Crippen LogP contribution in [0.25, 0.3) is 17.2 Å². The molecule has 1 heteroatoms. The van der Waals surface area contributed by atoms with Gasteiger partial charge in [0.1, 0.15) is 0 Å². The predicted molar refractivity (Wildman–Crippen MR) is 91.1 cm³/mol. The van der Waals surface area contributed by atoms with E-state index in [2.05, 4.69) is 61.7 Å². The molecule has 2 aromatic rings. The lowest BCUT2D eigenvalue weighted by Gasteiger charge is -2.06. The van der Waals surface area contributed by atoms with Crippen molar-refractivity contribution in [3.05, 3.63) is 78.9 Å². The standard InChI is InChI=1S/C20H22O/c1-3-5-6-15-21-16-18-9-13-20(14-10-18)19-11-7-17(4-2)8-12-19/h3-4,7-14H,1-2,5-6,15-16H2. The van der Waals surface area contributed by atoms with Gasteiger partial charge in [0, 0.05) is 6.61 Å². The van der Waals surface area contributed by atoms with Crippen molar-refractivity contribution in [3.63, 3.8) is 0 Å². The van der Waals surface area contributed by atoms with Crippen LogP contribution in [0.15, 0.2) is 67.8 Å². The van der Waals surface area contributed by atoms with Gasteiger partial charge in [0.05, 0.1) is 6.61 Å². The smallest absolute Gasteiger partial charge is 0.0716 e. The Morgan fingerprint density at radius 1 is 0.857 bits per heavy atom. The van der Waals surface area contributed by atoms with Crippen molar-refractivity contribution in [1.29, 1.82) is 0 Å². The minimum Gasteiger partial charge on any atom is -0.377 e. The Balaban J connectivity index is 1.91. The highest BCUT2D eigenvalue weighted by molar-refractivity contribution is 5.65. The molecule has 0 radical (unpaired) electrons. The summed E-state index contributed by atoms with van der Waals surface area (Å²) in [4.78, 5) is 0. The van der Waals surface area contributed by atoms with Crippen molar-refractivity contribution >= 4 is 6.08 Å². The maximum absolute atomic E-state index is 5.64. The molecule has 0 amide bonds. The molecule has 2 rings (SSSR count). The number of hydrogen-bond acceptors (Lipinski definition) is 1. The van der Waals surface area contributed by atoms with E-state index in [-0.39, 0.29) is 0 Å². The van der Waals surface area contributed by atoms with E-state index in [4.69, 9.17) is 4.74 Å². The fourth-order valence-electron chi connectivity index (χ4n) is 2.12. The number of rotatable bonds is 8. The summed E-state index contributed by atoms with van der Waals surface area (Å²) in [5.41, 5.74) is 4.79. The van der Waals surface area contributed by atoms with Crippen molar-refractivity contribution in [2.45, 2.75) is 19.4 Å². The summed E-state index contributed by atoms with van der Waals surface area (Å²) in [5.74, 6) is 0. The Hall–Kier alpha value is -2.12. The van der Waals surface area contributed by atoms with Crippen molar-refractivity contribution < 1.29 is 4.74 Å². The van der Waals surface area contributed by atoms with E-state index in [1.165, 1.54) is 16.7 Å². The number of unbranched alkanes of at least 4 members (excludes halogenated alkanes) is 1. The van der Waals surface area contributed by atoms with E-state index >= 15 is 0 Å². The Bertz CT molecular complexity index is 564. The van der Waals surface area contributed by atoms with E-state index < -0.39 is 0 Å². The number of hydrogen-bond donors (Lipinski definition) is 0. The molecule has 108 valence electrons. The molecule has 0 aromatic heterocycles. The van der Waals surface area contributed by atoms with E-state index in [1.807, 2.05) is 12.2 Å². The molecule has 0 spiro atoms. The molecule has 0 atom stereocenters. The number of allylic oxidation sites excluding steroid dienone is 1. The van der Waals surface area contributed by atoms with Gasteiger partial charge >= 0.3 is 0 Å². The molecule has 0 aliphatic heterocycles. The molecule has 0 N–H and O–H groups in total. The van der Waals surface area contributed by atoms with Gasteiger partial charge in [-0.3, -0.25) is 0 Å². The van der Waals surface area contributed by atoms with Gasteiger partial charge in [0.25, 0.3) is 0 Å². The monoisotopic (exact) mass is 278 g/mol. The summed E-state index contributed by atoms with van der Waals surface area (Å²) < 4.78 is 5.64. The molecule has 21 heavy (non-hydrogen) atoms. The van der Waals surface area contributed by atoms with E-state index in [9.17, 15) is 0 Å². The Morgan fingerprint density at radius 3 is 2.05 bits per heavy atom. The first-order valence-corrected chi connectivity index (χ1v) is 7.34.